The minimum atomic E-state index is 0.367. The molecule has 0 atom stereocenters. The van der Waals surface area contributed by atoms with Gasteiger partial charge in [-0.1, -0.05) is 70.2 Å². The first-order chi connectivity index (χ1) is 17.0. The second-order valence-electron chi connectivity index (χ2n) is 9.96. The van der Waals surface area contributed by atoms with Crippen LogP contribution in [0.25, 0.3) is 50.0 Å². The lowest BCUT2D eigenvalue weighted by Crippen LogP contribution is -2.09. The lowest BCUT2D eigenvalue weighted by Gasteiger charge is -2.23. The Bertz CT molecular complexity index is 1690. The third-order valence-electron chi connectivity index (χ3n) is 7.00. The first-order valence-electron chi connectivity index (χ1n) is 12.3. The van der Waals surface area contributed by atoms with Crippen LogP contribution in [0.5, 0.6) is 0 Å². The van der Waals surface area contributed by atoms with Crippen LogP contribution >= 0.6 is 0 Å². The summed E-state index contributed by atoms with van der Waals surface area (Å²) in [6.07, 6.45) is 3.66. The van der Waals surface area contributed by atoms with Crippen molar-refractivity contribution >= 4 is 33.0 Å². The minimum Gasteiger partial charge on any atom is -0.455 e. The molecule has 0 saturated carbocycles. The molecule has 0 saturated heterocycles. The van der Waals surface area contributed by atoms with E-state index in [9.17, 15) is 0 Å². The van der Waals surface area contributed by atoms with Gasteiger partial charge in [0.1, 0.15) is 17.0 Å². The molecule has 4 nitrogen and oxygen atoms in total. The molecule has 0 unspecified atom stereocenters. The monoisotopic (exact) mass is 459 g/mol. The molecule has 0 bridgehead atoms. The standard InChI is InChI=1S/C31H29N3O/c1-18(2)21-9-8-10-22(19(3)4)29(21)34-26-12-7-6-11-25(26)33-31(34)28-20(5)13-14-23-24-17-32-16-15-27(24)35-30(23)28/h6-19H,1-5H3. The molecule has 3 aromatic carbocycles. The van der Waals surface area contributed by atoms with Crippen LogP contribution in [0.2, 0.25) is 0 Å². The van der Waals surface area contributed by atoms with Gasteiger partial charge in [-0.05, 0) is 53.6 Å². The van der Waals surface area contributed by atoms with Crippen molar-refractivity contribution in [3.63, 3.8) is 0 Å². The molecule has 3 aromatic heterocycles. The van der Waals surface area contributed by atoms with Gasteiger partial charge in [-0.15, -0.1) is 0 Å². The summed E-state index contributed by atoms with van der Waals surface area (Å²) in [4.78, 5) is 9.57. The molecule has 174 valence electrons. The lowest BCUT2D eigenvalue weighted by atomic mass is 9.92. The van der Waals surface area contributed by atoms with Crippen molar-refractivity contribution in [1.29, 1.82) is 0 Å². The molecule has 0 aliphatic heterocycles. The molecule has 0 aliphatic carbocycles. The Balaban J connectivity index is 1.80. The first-order valence-corrected chi connectivity index (χ1v) is 12.3. The van der Waals surface area contributed by atoms with Crippen LogP contribution in [-0.2, 0) is 0 Å². The number of fused-ring (bicyclic) bond motifs is 4. The highest BCUT2D eigenvalue weighted by molar-refractivity contribution is 6.10. The smallest absolute Gasteiger partial charge is 0.149 e. The third-order valence-corrected chi connectivity index (χ3v) is 7.00. The van der Waals surface area contributed by atoms with Gasteiger partial charge in [0, 0.05) is 23.2 Å². The molecule has 35 heavy (non-hydrogen) atoms. The van der Waals surface area contributed by atoms with Crippen molar-refractivity contribution in [2.24, 2.45) is 0 Å². The summed E-state index contributed by atoms with van der Waals surface area (Å²) in [7, 11) is 0. The Morgan fingerprint density at radius 1 is 0.800 bits per heavy atom. The fourth-order valence-electron chi connectivity index (χ4n) is 5.25. The van der Waals surface area contributed by atoms with E-state index in [1.807, 2.05) is 12.3 Å². The maximum atomic E-state index is 6.47. The van der Waals surface area contributed by atoms with Crippen LogP contribution in [0.4, 0.5) is 0 Å². The first kappa shape index (κ1) is 21.6. The normalized spacial score (nSPS) is 12.1. The second kappa shape index (κ2) is 8.09. The number of nitrogens with zero attached hydrogens (tertiary/aromatic N) is 3. The van der Waals surface area contributed by atoms with E-state index in [1.54, 1.807) is 6.20 Å². The minimum absolute atomic E-state index is 0.367. The Kier molecular flexibility index (Phi) is 4.99. The van der Waals surface area contributed by atoms with E-state index in [4.69, 9.17) is 9.40 Å². The molecule has 0 spiro atoms. The fourth-order valence-corrected chi connectivity index (χ4v) is 5.25. The van der Waals surface area contributed by atoms with Gasteiger partial charge in [0.05, 0.1) is 22.3 Å². The number of benzene rings is 3. The summed E-state index contributed by atoms with van der Waals surface area (Å²) >= 11 is 0. The van der Waals surface area contributed by atoms with Crippen molar-refractivity contribution in [3.8, 4) is 17.1 Å². The maximum absolute atomic E-state index is 6.47. The molecule has 6 rings (SSSR count). The van der Waals surface area contributed by atoms with Crippen LogP contribution in [-0.4, -0.2) is 14.5 Å². The molecule has 0 radical (unpaired) electrons. The van der Waals surface area contributed by atoms with E-state index in [0.717, 1.165) is 49.9 Å². The van der Waals surface area contributed by atoms with E-state index in [2.05, 4.69) is 98.8 Å². The van der Waals surface area contributed by atoms with E-state index in [-0.39, 0.29) is 0 Å². The molecule has 0 fully saturated rings. The predicted octanol–water partition coefficient (Wildman–Crippen LogP) is 8.54. The van der Waals surface area contributed by atoms with Gasteiger partial charge >= 0.3 is 0 Å². The molecule has 3 heterocycles. The number of hydrogen-bond donors (Lipinski definition) is 0. The van der Waals surface area contributed by atoms with E-state index in [1.165, 1.54) is 16.8 Å². The van der Waals surface area contributed by atoms with Crippen molar-refractivity contribution in [3.05, 3.63) is 89.7 Å². The van der Waals surface area contributed by atoms with Gasteiger partial charge in [-0.2, -0.15) is 0 Å². The van der Waals surface area contributed by atoms with Gasteiger partial charge in [0.15, 0.2) is 0 Å². The van der Waals surface area contributed by atoms with Gasteiger partial charge in [0.2, 0.25) is 0 Å². The summed E-state index contributed by atoms with van der Waals surface area (Å²) in [5.41, 5.74) is 9.82. The molecule has 0 N–H and O–H groups in total. The van der Waals surface area contributed by atoms with Crippen LogP contribution in [0.3, 0.4) is 0 Å². The van der Waals surface area contributed by atoms with Crippen molar-refractivity contribution < 1.29 is 4.42 Å². The number of aromatic nitrogens is 3. The highest BCUT2D eigenvalue weighted by Crippen LogP contribution is 2.42. The Morgan fingerprint density at radius 2 is 1.54 bits per heavy atom. The zero-order chi connectivity index (χ0) is 24.3. The zero-order valence-electron chi connectivity index (χ0n) is 20.8. The summed E-state index contributed by atoms with van der Waals surface area (Å²) < 4.78 is 8.84. The number of aryl methyl sites for hydroxylation is 1. The van der Waals surface area contributed by atoms with Gasteiger partial charge in [-0.3, -0.25) is 9.55 Å². The number of furan rings is 1. The Labute approximate surface area is 205 Å². The SMILES string of the molecule is Cc1ccc2c(oc3ccncc32)c1-c1nc2ccccc2n1-c1c(C(C)C)cccc1C(C)C. The maximum Gasteiger partial charge on any atom is 0.149 e. The van der Waals surface area contributed by atoms with E-state index in [0.29, 0.717) is 11.8 Å². The lowest BCUT2D eigenvalue weighted by molar-refractivity contribution is 0.668. The summed E-state index contributed by atoms with van der Waals surface area (Å²) in [6, 6.07) is 21.4. The molecule has 0 amide bonds. The van der Waals surface area contributed by atoms with Crippen LogP contribution in [0.15, 0.2) is 77.5 Å². The quantitative estimate of drug-likeness (QED) is 0.265. The van der Waals surface area contributed by atoms with E-state index < -0.39 is 0 Å². The van der Waals surface area contributed by atoms with Gasteiger partial charge in [0.25, 0.3) is 0 Å². The zero-order valence-corrected chi connectivity index (χ0v) is 20.8. The number of pyridine rings is 1. The number of rotatable bonds is 4. The summed E-state index contributed by atoms with van der Waals surface area (Å²) in [6.45, 7) is 11.2. The van der Waals surface area contributed by atoms with Gasteiger partial charge < -0.3 is 4.42 Å². The average Bonchev–Trinajstić information content (AvgIpc) is 3.41. The molecular weight excluding hydrogens is 430 g/mol. The summed E-state index contributed by atoms with van der Waals surface area (Å²) in [5.74, 6) is 1.65. The van der Waals surface area contributed by atoms with Gasteiger partial charge in [-0.25, -0.2) is 4.98 Å². The van der Waals surface area contributed by atoms with Crippen molar-refractivity contribution in [2.75, 3.05) is 0 Å². The van der Waals surface area contributed by atoms with Crippen LogP contribution < -0.4 is 0 Å². The largest absolute Gasteiger partial charge is 0.455 e. The molecule has 6 aromatic rings. The fraction of sp³-hybridized carbons (Fsp3) is 0.226. The highest BCUT2D eigenvalue weighted by Gasteiger charge is 2.25. The highest BCUT2D eigenvalue weighted by atomic mass is 16.3. The van der Waals surface area contributed by atoms with Crippen LogP contribution in [0.1, 0.15) is 56.2 Å². The Morgan fingerprint density at radius 3 is 2.29 bits per heavy atom. The third kappa shape index (κ3) is 3.28. The van der Waals surface area contributed by atoms with Crippen molar-refractivity contribution in [2.45, 2.75) is 46.5 Å². The topological polar surface area (TPSA) is 43.9 Å². The molecule has 0 aliphatic rings. The van der Waals surface area contributed by atoms with E-state index >= 15 is 0 Å². The molecular formula is C31H29N3O. The predicted molar refractivity (Wildman–Crippen MR) is 144 cm³/mol. The Hall–Kier alpha value is -3.92. The summed E-state index contributed by atoms with van der Waals surface area (Å²) in [5, 5.41) is 2.09. The number of hydrogen-bond acceptors (Lipinski definition) is 3. The second-order valence-corrected chi connectivity index (χ2v) is 9.96. The molecule has 4 heteroatoms. The number of imidazole rings is 1. The number of para-hydroxylation sites is 3. The van der Waals surface area contributed by atoms with Crippen LogP contribution in [0, 0.1) is 6.92 Å². The van der Waals surface area contributed by atoms with Crippen molar-refractivity contribution in [1.82, 2.24) is 14.5 Å². The average molecular weight is 460 g/mol.